The Morgan fingerprint density at radius 3 is 2.18 bits per heavy atom. The van der Waals surface area contributed by atoms with Crippen molar-refractivity contribution < 1.29 is 14.6 Å². The van der Waals surface area contributed by atoms with Gasteiger partial charge in [-0.25, -0.2) is 4.98 Å². The number of nitrogens with zero attached hydrogens (tertiary/aromatic N) is 2. The Balaban J connectivity index is 1.89. The van der Waals surface area contributed by atoms with E-state index in [-0.39, 0.29) is 0 Å². The van der Waals surface area contributed by atoms with Crippen LogP contribution >= 0.6 is 11.8 Å². The third kappa shape index (κ3) is 4.89. The highest BCUT2D eigenvalue weighted by molar-refractivity contribution is 8.00. The van der Waals surface area contributed by atoms with Gasteiger partial charge >= 0.3 is 5.97 Å². The maximum absolute atomic E-state index is 12.1. The molecule has 0 bridgehead atoms. The van der Waals surface area contributed by atoms with Gasteiger partial charge in [0.2, 0.25) is 0 Å². The molecule has 1 atom stereocenters. The normalized spacial score (nSPS) is 11.4. The number of hydrogen-bond donors (Lipinski definition) is 1. The second-order valence-corrected chi connectivity index (χ2v) is 8.28. The van der Waals surface area contributed by atoms with Crippen LogP contribution in [0, 0.1) is 11.3 Å². The van der Waals surface area contributed by atoms with Crippen molar-refractivity contribution in [2.24, 2.45) is 0 Å². The Morgan fingerprint density at radius 2 is 1.61 bits per heavy atom. The predicted molar refractivity (Wildman–Crippen MR) is 129 cm³/mol. The molecular weight excluding hydrogens is 432 g/mol. The van der Waals surface area contributed by atoms with Crippen LogP contribution in [0.5, 0.6) is 5.75 Å². The van der Waals surface area contributed by atoms with Crippen molar-refractivity contribution >= 4 is 17.7 Å². The number of aromatic nitrogens is 1. The summed E-state index contributed by atoms with van der Waals surface area (Å²) in [5.74, 6) is -0.285. The molecule has 0 fully saturated rings. The number of ether oxygens (including phenoxy) is 1. The van der Waals surface area contributed by atoms with E-state index >= 15 is 0 Å². The van der Waals surface area contributed by atoms with Crippen LogP contribution in [0.3, 0.4) is 0 Å². The highest BCUT2D eigenvalue weighted by atomic mass is 32.2. The first-order chi connectivity index (χ1) is 16.1. The van der Waals surface area contributed by atoms with Gasteiger partial charge in [0.05, 0.1) is 18.4 Å². The zero-order valence-electron chi connectivity index (χ0n) is 17.8. The second-order valence-electron chi connectivity index (χ2n) is 7.19. The first-order valence-electron chi connectivity index (χ1n) is 10.2. The van der Waals surface area contributed by atoms with Crippen LogP contribution in [-0.4, -0.2) is 23.2 Å². The molecule has 0 amide bonds. The van der Waals surface area contributed by atoms with Gasteiger partial charge in [-0.1, -0.05) is 84.6 Å². The minimum absolute atomic E-state index is 0.340. The lowest BCUT2D eigenvalue weighted by molar-refractivity contribution is -0.136. The molecule has 0 radical (unpaired) electrons. The first-order valence-corrected chi connectivity index (χ1v) is 11.1. The third-order valence-corrected chi connectivity index (χ3v) is 6.35. The summed E-state index contributed by atoms with van der Waals surface area (Å²) in [6.07, 6.45) is 0. The summed E-state index contributed by atoms with van der Waals surface area (Å²) >= 11 is 1.07. The summed E-state index contributed by atoms with van der Waals surface area (Å²) in [6, 6.07) is 30.1. The lowest BCUT2D eigenvalue weighted by Gasteiger charge is -2.16. The average molecular weight is 453 g/mol. The van der Waals surface area contributed by atoms with Crippen molar-refractivity contribution in [2.45, 2.75) is 10.3 Å². The molecule has 1 aromatic heterocycles. The van der Waals surface area contributed by atoms with Crippen LogP contribution in [0.2, 0.25) is 0 Å². The molecule has 0 saturated heterocycles. The van der Waals surface area contributed by atoms with Gasteiger partial charge in [-0.05, 0) is 29.3 Å². The molecule has 0 aliphatic rings. The second kappa shape index (κ2) is 10.0. The van der Waals surface area contributed by atoms with Crippen molar-refractivity contribution in [2.75, 3.05) is 7.11 Å². The van der Waals surface area contributed by atoms with Gasteiger partial charge in [0.15, 0.2) is 0 Å². The SMILES string of the molecule is COc1ccc(-c2cc(-c3ccccc3)nc(S[C@H](C(=O)O)c3ccccc3)c2C#N)cc1. The summed E-state index contributed by atoms with van der Waals surface area (Å²) in [7, 11) is 1.60. The molecule has 3 aromatic carbocycles. The predicted octanol–water partition coefficient (Wildman–Crippen LogP) is 6.21. The number of carbonyl (C=O) groups is 1. The molecule has 1 N–H and O–H groups in total. The van der Waals surface area contributed by atoms with Gasteiger partial charge in [0.25, 0.3) is 0 Å². The average Bonchev–Trinajstić information content (AvgIpc) is 2.87. The van der Waals surface area contributed by atoms with Crippen LogP contribution in [0.1, 0.15) is 16.4 Å². The van der Waals surface area contributed by atoms with E-state index in [2.05, 4.69) is 6.07 Å². The van der Waals surface area contributed by atoms with Crippen molar-refractivity contribution in [3.8, 4) is 34.2 Å². The molecule has 4 rings (SSSR count). The Morgan fingerprint density at radius 1 is 0.970 bits per heavy atom. The van der Waals surface area contributed by atoms with Gasteiger partial charge in [-0.2, -0.15) is 5.26 Å². The van der Waals surface area contributed by atoms with E-state index in [1.54, 1.807) is 31.4 Å². The standard InChI is InChI=1S/C27H20N2O3S/c1-32-21-14-12-18(13-15-21)22-16-24(19-8-4-2-5-9-19)29-26(23(22)17-28)33-25(27(30)31)20-10-6-3-7-11-20/h2-16,25H,1H3,(H,30,31)/t25-/m0/s1. The van der Waals surface area contributed by atoms with E-state index in [9.17, 15) is 15.2 Å². The fraction of sp³-hybridized carbons (Fsp3) is 0.0741. The number of rotatable bonds is 7. The van der Waals surface area contributed by atoms with Gasteiger partial charge in [-0.15, -0.1) is 0 Å². The van der Waals surface area contributed by atoms with Gasteiger partial charge < -0.3 is 9.84 Å². The molecule has 4 aromatic rings. The minimum atomic E-state index is -0.993. The number of benzene rings is 3. The molecule has 0 aliphatic carbocycles. The smallest absolute Gasteiger partial charge is 0.321 e. The van der Waals surface area contributed by atoms with E-state index in [0.717, 1.165) is 22.9 Å². The highest BCUT2D eigenvalue weighted by Crippen LogP contribution is 2.40. The number of carboxylic acids is 1. The summed E-state index contributed by atoms with van der Waals surface area (Å²) in [5.41, 5.74) is 4.03. The van der Waals surface area contributed by atoms with E-state index in [1.807, 2.05) is 66.7 Å². The molecule has 6 heteroatoms. The summed E-state index contributed by atoms with van der Waals surface area (Å²) in [6.45, 7) is 0. The molecule has 162 valence electrons. The van der Waals surface area contributed by atoms with Crippen LogP contribution in [-0.2, 0) is 4.79 Å². The lowest BCUT2D eigenvalue weighted by atomic mass is 9.99. The monoisotopic (exact) mass is 452 g/mol. The fourth-order valence-electron chi connectivity index (χ4n) is 3.47. The van der Waals surface area contributed by atoms with Crippen LogP contribution < -0.4 is 4.74 Å². The lowest BCUT2D eigenvalue weighted by Crippen LogP contribution is -2.09. The minimum Gasteiger partial charge on any atom is -0.497 e. The van der Waals surface area contributed by atoms with E-state index in [0.29, 0.717) is 33.2 Å². The Hall–Kier alpha value is -4.08. The Kier molecular flexibility index (Phi) is 6.72. The molecule has 0 saturated carbocycles. The largest absolute Gasteiger partial charge is 0.497 e. The maximum atomic E-state index is 12.1. The first kappa shape index (κ1) is 22.1. The number of thioether (sulfide) groups is 1. The summed E-state index contributed by atoms with van der Waals surface area (Å²) < 4.78 is 5.26. The number of pyridine rings is 1. The number of hydrogen-bond acceptors (Lipinski definition) is 5. The van der Waals surface area contributed by atoms with E-state index in [4.69, 9.17) is 9.72 Å². The van der Waals surface area contributed by atoms with Crippen LogP contribution in [0.15, 0.2) is 96.0 Å². The van der Waals surface area contributed by atoms with Gasteiger partial charge in [0, 0.05) is 11.1 Å². The quantitative estimate of drug-likeness (QED) is 0.336. The topological polar surface area (TPSA) is 83.2 Å². The van der Waals surface area contributed by atoms with Gasteiger partial charge in [-0.3, -0.25) is 4.79 Å². The van der Waals surface area contributed by atoms with Crippen molar-refractivity contribution in [1.29, 1.82) is 5.26 Å². The van der Waals surface area contributed by atoms with Crippen molar-refractivity contribution in [3.05, 3.63) is 102 Å². The molecular formula is C27H20N2O3S. The highest BCUT2D eigenvalue weighted by Gasteiger charge is 2.25. The molecule has 0 aliphatic heterocycles. The van der Waals surface area contributed by atoms with E-state index < -0.39 is 11.2 Å². The van der Waals surface area contributed by atoms with E-state index in [1.165, 1.54) is 0 Å². The third-order valence-electron chi connectivity index (χ3n) is 5.12. The summed E-state index contributed by atoms with van der Waals surface area (Å²) in [4.78, 5) is 16.9. The zero-order chi connectivity index (χ0) is 23.2. The Labute approximate surface area is 196 Å². The number of aliphatic carboxylic acids is 1. The van der Waals surface area contributed by atoms with Gasteiger partial charge in [0.1, 0.15) is 22.1 Å². The molecule has 5 nitrogen and oxygen atoms in total. The molecule has 0 unspecified atom stereocenters. The molecule has 33 heavy (non-hydrogen) atoms. The number of carboxylic acid groups (broad SMARTS) is 1. The number of methoxy groups -OCH3 is 1. The maximum Gasteiger partial charge on any atom is 0.321 e. The molecule has 1 heterocycles. The molecule has 0 spiro atoms. The van der Waals surface area contributed by atoms with Crippen molar-refractivity contribution in [3.63, 3.8) is 0 Å². The Bertz CT molecular complexity index is 1300. The summed E-state index contributed by atoms with van der Waals surface area (Å²) in [5, 5.41) is 19.5. The van der Waals surface area contributed by atoms with Crippen LogP contribution in [0.25, 0.3) is 22.4 Å². The van der Waals surface area contributed by atoms with Crippen LogP contribution in [0.4, 0.5) is 0 Å². The van der Waals surface area contributed by atoms with Crippen molar-refractivity contribution in [1.82, 2.24) is 4.98 Å². The number of nitriles is 1. The zero-order valence-corrected chi connectivity index (χ0v) is 18.6. The fourth-order valence-corrected chi connectivity index (χ4v) is 4.51.